The van der Waals surface area contributed by atoms with Gasteiger partial charge in [0, 0.05) is 34.1 Å². The molecule has 5 aliphatic rings. The lowest BCUT2D eigenvalue weighted by molar-refractivity contribution is 0.268. The van der Waals surface area contributed by atoms with Gasteiger partial charge in [-0.05, 0) is 134 Å². The highest BCUT2D eigenvalue weighted by molar-refractivity contribution is 5.89. The summed E-state index contributed by atoms with van der Waals surface area (Å²) in [6.45, 7) is 0. The van der Waals surface area contributed by atoms with Gasteiger partial charge in [0.25, 0.3) is 0 Å². The van der Waals surface area contributed by atoms with Crippen molar-refractivity contribution in [1.29, 1.82) is 0 Å². The summed E-state index contributed by atoms with van der Waals surface area (Å²) in [7, 11) is 0. The van der Waals surface area contributed by atoms with Crippen LogP contribution in [-0.2, 0) is 18.3 Å². The largest absolute Gasteiger partial charge is 0.484 e. The Labute approximate surface area is 381 Å². The van der Waals surface area contributed by atoms with Crippen LogP contribution in [0.2, 0.25) is 0 Å². The fourth-order valence-electron chi connectivity index (χ4n) is 11.8. The lowest BCUT2D eigenvalue weighted by atomic mass is 9.67. The number of allylic oxidation sites excluding steroid dienone is 6. The van der Waals surface area contributed by atoms with Gasteiger partial charge in [-0.3, -0.25) is 0 Å². The molecule has 2 atom stereocenters. The number of ether oxygens (including phenoxy) is 1. The molecule has 0 bridgehead atoms. The van der Waals surface area contributed by atoms with E-state index >= 15 is 0 Å². The van der Waals surface area contributed by atoms with E-state index in [4.69, 9.17) is 4.74 Å². The number of aryl methyl sites for hydroxylation is 1. The third-order valence-corrected chi connectivity index (χ3v) is 14.8. The molecule has 4 aliphatic carbocycles. The van der Waals surface area contributed by atoms with Crippen LogP contribution in [0.15, 0.2) is 230 Å². The maximum absolute atomic E-state index is 6.66. The first-order valence-electron chi connectivity index (χ1n) is 23.2. The number of rotatable bonds is 7. The molecule has 2 nitrogen and oxygen atoms in total. The number of hydrogen-bond donors (Lipinski definition) is 0. The van der Waals surface area contributed by atoms with Crippen molar-refractivity contribution in [1.82, 2.24) is 0 Å². The van der Waals surface area contributed by atoms with Crippen LogP contribution >= 0.6 is 0 Å². The molecule has 0 radical (unpaired) electrons. The number of fused-ring (bicyclic) bond motifs is 9. The molecule has 0 spiro atoms. The summed E-state index contributed by atoms with van der Waals surface area (Å²) in [6, 6.07) is 70.3. The monoisotopic (exact) mass is 833 g/mol. The number of para-hydroxylation sites is 1. The van der Waals surface area contributed by atoms with Crippen molar-refractivity contribution in [2.24, 2.45) is 0 Å². The third kappa shape index (κ3) is 5.94. The molecule has 1 heterocycles. The summed E-state index contributed by atoms with van der Waals surface area (Å²) in [5.41, 5.74) is 22.9. The molecule has 0 aromatic heterocycles. The maximum atomic E-state index is 6.66. The highest BCUT2D eigenvalue weighted by atomic mass is 16.5. The van der Waals surface area contributed by atoms with Crippen molar-refractivity contribution < 1.29 is 4.74 Å². The van der Waals surface area contributed by atoms with Crippen LogP contribution in [0, 0.1) is 0 Å². The molecule has 8 aromatic rings. The summed E-state index contributed by atoms with van der Waals surface area (Å²) in [4.78, 5) is 2.52. The first-order valence-corrected chi connectivity index (χ1v) is 23.2. The first kappa shape index (κ1) is 37.8. The summed E-state index contributed by atoms with van der Waals surface area (Å²) < 4.78 is 6.66. The van der Waals surface area contributed by atoms with Gasteiger partial charge in [-0.2, -0.15) is 0 Å². The lowest BCUT2D eigenvalue weighted by Crippen LogP contribution is -2.29. The molecule has 0 saturated carbocycles. The molecule has 0 fully saturated rings. The highest BCUT2D eigenvalue weighted by Gasteiger charge is 2.46. The average Bonchev–Trinajstić information content (AvgIpc) is 3.91. The Morgan fingerprint density at radius 3 is 1.92 bits per heavy atom. The second kappa shape index (κ2) is 15.2. The van der Waals surface area contributed by atoms with E-state index < -0.39 is 5.41 Å². The number of hydrogen-bond acceptors (Lipinski definition) is 2. The van der Waals surface area contributed by atoms with Gasteiger partial charge in [0.05, 0.1) is 5.41 Å². The normalized spacial score (nSPS) is 17.9. The minimum absolute atomic E-state index is 0.0620. The van der Waals surface area contributed by atoms with Crippen molar-refractivity contribution in [3.8, 4) is 39.1 Å². The van der Waals surface area contributed by atoms with Gasteiger partial charge in [-0.1, -0.05) is 188 Å². The minimum Gasteiger partial charge on any atom is -0.484 e. The van der Waals surface area contributed by atoms with Gasteiger partial charge in [-0.15, -0.1) is 0 Å². The van der Waals surface area contributed by atoms with E-state index in [0.717, 1.165) is 42.8 Å². The van der Waals surface area contributed by atoms with Crippen LogP contribution in [0.1, 0.15) is 63.3 Å². The summed E-state index contributed by atoms with van der Waals surface area (Å²) in [5.74, 6) is 1.31. The molecule has 0 saturated heterocycles. The Hall–Kier alpha value is -7.68. The van der Waals surface area contributed by atoms with Crippen molar-refractivity contribution in [2.75, 3.05) is 4.90 Å². The van der Waals surface area contributed by atoms with Gasteiger partial charge in [0.15, 0.2) is 0 Å². The zero-order chi connectivity index (χ0) is 42.9. The van der Waals surface area contributed by atoms with E-state index in [9.17, 15) is 0 Å². The molecular weight excluding hydrogens is 787 g/mol. The van der Waals surface area contributed by atoms with E-state index in [-0.39, 0.29) is 12.0 Å². The SMILES string of the molecule is C1=CC2Oc3c(C4=CC=C(N(c5ccc(-c6cccc7c6CCc6ccccc6-7)cc5)c5ccc6c(c5)C(c5ccccc5)(c5ccccc5)c5ccccc5-6)CC4)cccc3C2C=C1. The van der Waals surface area contributed by atoms with Crippen LogP contribution in [0.5, 0.6) is 5.75 Å². The molecule has 310 valence electrons. The van der Waals surface area contributed by atoms with Crippen LogP contribution in [0.25, 0.3) is 39.0 Å². The van der Waals surface area contributed by atoms with Crippen molar-refractivity contribution in [3.05, 3.63) is 275 Å². The Bertz CT molecular complexity index is 3260. The highest BCUT2D eigenvalue weighted by Crippen LogP contribution is 2.57. The van der Waals surface area contributed by atoms with Gasteiger partial charge < -0.3 is 9.64 Å². The van der Waals surface area contributed by atoms with Gasteiger partial charge in [-0.25, -0.2) is 0 Å². The second-order valence-electron chi connectivity index (χ2n) is 18.1. The van der Waals surface area contributed by atoms with Crippen LogP contribution < -0.4 is 9.64 Å². The topological polar surface area (TPSA) is 12.5 Å². The zero-order valence-electron chi connectivity index (χ0n) is 36.2. The Kier molecular flexibility index (Phi) is 8.88. The van der Waals surface area contributed by atoms with Crippen molar-refractivity contribution >= 4 is 16.9 Å². The molecule has 1 aliphatic heterocycles. The number of benzene rings is 8. The number of anilines is 2. The molecule has 13 rings (SSSR count). The van der Waals surface area contributed by atoms with E-state index in [0.29, 0.717) is 0 Å². The molecule has 2 unspecified atom stereocenters. The Balaban J connectivity index is 0.963. The van der Waals surface area contributed by atoms with Gasteiger partial charge in [0.1, 0.15) is 11.9 Å². The van der Waals surface area contributed by atoms with Crippen LogP contribution in [-0.4, -0.2) is 6.10 Å². The fourth-order valence-corrected chi connectivity index (χ4v) is 11.8. The van der Waals surface area contributed by atoms with Crippen LogP contribution in [0.3, 0.4) is 0 Å². The Morgan fingerprint density at radius 2 is 1.12 bits per heavy atom. The molecular formula is C63H47NO. The molecule has 65 heavy (non-hydrogen) atoms. The first-order chi connectivity index (χ1) is 32.2. The van der Waals surface area contributed by atoms with Crippen molar-refractivity contribution in [3.63, 3.8) is 0 Å². The predicted molar refractivity (Wildman–Crippen MR) is 268 cm³/mol. The molecule has 2 heteroatoms. The quantitative estimate of drug-likeness (QED) is 0.159. The van der Waals surface area contributed by atoms with Gasteiger partial charge >= 0.3 is 0 Å². The predicted octanol–water partition coefficient (Wildman–Crippen LogP) is 15.4. The summed E-state index contributed by atoms with van der Waals surface area (Å²) >= 11 is 0. The Morgan fingerprint density at radius 1 is 0.462 bits per heavy atom. The summed E-state index contributed by atoms with van der Waals surface area (Å²) in [6.07, 6.45) is 17.4. The van der Waals surface area contributed by atoms with Gasteiger partial charge in [0.2, 0.25) is 0 Å². The average molecular weight is 834 g/mol. The maximum Gasteiger partial charge on any atom is 0.131 e. The third-order valence-electron chi connectivity index (χ3n) is 14.8. The standard InChI is InChI=1S/C63H47NO/c1-3-16-45(17-4-1)63(46-18-5-2-6-19-46)59-27-11-9-21-55(59)56-40-38-49(41-60(56)63)64(48-36-31-44(32-37-48)52-24-14-26-58-57-22-10-12-28-61(57)65-62(52)58)47-34-29-43(30-35-47)51-23-13-25-53-50-20-8-7-15-42(50)33-39-54(51)53/h1-31,34-36,38,40-41,57,61H,32-33,37,39H2. The summed E-state index contributed by atoms with van der Waals surface area (Å²) in [5, 5.41) is 0. The zero-order valence-corrected chi connectivity index (χ0v) is 36.2. The molecule has 8 aromatic carbocycles. The lowest BCUT2D eigenvalue weighted by Gasteiger charge is -2.35. The second-order valence-corrected chi connectivity index (χ2v) is 18.1. The van der Waals surface area contributed by atoms with Crippen LogP contribution in [0.4, 0.5) is 11.4 Å². The smallest absolute Gasteiger partial charge is 0.131 e. The molecule has 0 amide bonds. The minimum atomic E-state index is -0.492. The number of nitrogens with zero attached hydrogens (tertiary/aromatic N) is 1. The van der Waals surface area contributed by atoms with E-state index in [1.54, 1.807) is 0 Å². The van der Waals surface area contributed by atoms with E-state index in [1.807, 2.05) is 0 Å². The van der Waals surface area contributed by atoms with E-state index in [1.165, 1.54) is 89.2 Å². The van der Waals surface area contributed by atoms with Crippen molar-refractivity contribution in [2.45, 2.75) is 43.1 Å². The molecule has 0 N–H and O–H groups in total. The fraction of sp³-hybridized carbons (Fsp3) is 0.111. The van der Waals surface area contributed by atoms with E-state index in [2.05, 4.69) is 229 Å².